The molecule has 4 nitrogen and oxygen atoms in total. The fraction of sp³-hybridized carbons (Fsp3) is 0.429. The van der Waals surface area contributed by atoms with Gasteiger partial charge >= 0.3 is 0 Å². The number of benzene rings is 1. The molecule has 19 heavy (non-hydrogen) atoms. The van der Waals surface area contributed by atoms with Crippen molar-refractivity contribution in [3.05, 3.63) is 29.8 Å². The first-order valence-electron chi connectivity index (χ1n) is 6.44. The molecule has 0 heterocycles. The average Bonchev–Trinajstić information content (AvgIpc) is 2.40. The Bertz CT molecular complexity index is 441. The van der Waals surface area contributed by atoms with E-state index in [2.05, 4.69) is 10.2 Å². The second-order valence-corrected chi connectivity index (χ2v) is 4.77. The smallest absolute Gasteiger partial charge is 0.241 e. The van der Waals surface area contributed by atoms with E-state index in [1.165, 1.54) is 0 Å². The van der Waals surface area contributed by atoms with Crippen LogP contribution in [0.2, 0.25) is 0 Å². The second-order valence-electron chi connectivity index (χ2n) is 4.33. The molecule has 1 rings (SSSR count). The number of carbonyl (C=O) groups is 1. The summed E-state index contributed by atoms with van der Waals surface area (Å²) in [6, 6.07) is 7.08. The molecule has 1 amide bonds. The summed E-state index contributed by atoms with van der Waals surface area (Å²) in [4.78, 5) is 14.5. The molecule has 5 heteroatoms. The van der Waals surface area contributed by atoms with Gasteiger partial charge < -0.3 is 11.1 Å². The number of likely N-dealkylation sites (N-methyl/N-ethyl adjacent to an activating group) is 1. The van der Waals surface area contributed by atoms with E-state index in [0.29, 0.717) is 4.99 Å². The first-order chi connectivity index (χ1) is 8.99. The zero-order valence-electron chi connectivity index (χ0n) is 11.6. The van der Waals surface area contributed by atoms with Crippen molar-refractivity contribution in [2.45, 2.75) is 26.8 Å². The van der Waals surface area contributed by atoms with Crippen molar-refractivity contribution in [2.24, 2.45) is 5.73 Å². The van der Waals surface area contributed by atoms with Crippen molar-refractivity contribution in [3.8, 4) is 0 Å². The normalized spacial score (nSPS) is 12.2. The molecule has 1 aromatic rings. The molecule has 0 fully saturated rings. The zero-order chi connectivity index (χ0) is 14.4. The molecular weight excluding hydrogens is 258 g/mol. The first kappa shape index (κ1) is 15.6. The molecule has 0 radical (unpaired) electrons. The number of hydrogen-bond donors (Lipinski definition) is 2. The molecule has 0 saturated heterocycles. The number of nitrogens with one attached hydrogen (secondary N) is 1. The number of anilines is 1. The summed E-state index contributed by atoms with van der Waals surface area (Å²) in [6.45, 7) is 7.71. The van der Waals surface area contributed by atoms with Gasteiger partial charge in [0, 0.05) is 11.3 Å². The summed E-state index contributed by atoms with van der Waals surface area (Å²) in [5.74, 6) is -0.00762. The highest BCUT2D eigenvalue weighted by Crippen LogP contribution is 2.11. The van der Waals surface area contributed by atoms with Crippen LogP contribution in [0.15, 0.2) is 24.3 Å². The van der Waals surface area contributed by atoms with E-state index < -0.39 is 0 Å². The second kappa shape index (κ2) is 7.21. The Hall–Kier alpha value is -1.46. The van der Waals surface area contributed by atoms with Crippen LogP contribution in [0.25, 0.3) is 0 Å². The molecule has 104 valence electrons. The van der Waals surface area contributed by atoms with Gasteiger partial charge in [-0.1, -0.05) is 26.1 Å². The number of carbonyl (C=O) groups excluding carboxylic acids is 1. The van der Waals surface area contributed by atoms with Gasteiger partial charge in [0.2, 0.25) is 5.91 Å². The highest BCUT2D eigenvalue weighted by atomic mass is 32.1. The first-order valence-corrected chi connectivity index (χ1v) is 6.85. The largest absolute Gasteiger partial charge is 0.389 e. The number of amides is 1. The van der Waals surface area contributed by atoms with Gasteiger partial charge in [0.1, 0.15) is 4.99 Å². The molecule has 0 bridgehead atoms. The van der Waals surface area contributed by atoms with Gasteiger partial charge in [0.05, 0.1) is 6.04 Å². The zero-order valence-corrected chi connectivity index (χ0v) is 12.5. The summed E-state index contributed by atoms with van der Waals surface area (Å²) in [5.41, 5.74) is 7.08. The van der Waals surface area contributed by atoms with E-state index >= 15 is 0 Å². The highest BCUT2D eigenvalue weighted by Gasteiger charge is 2.18. The summed E-state index contributed by atoms with van der Waals surface area (Å²) in [7, 11) is 0. The predicted octanol–water partition coefficient (Wildman–Crippen LogP) is 1.99. The summed E-state index contributed by atoms with van der Waals surface area (Å²) >= 11 is 4.88. The summed E-state index contributed by atoms with van der Waals surface area (Å²) < 4.78 is 0. The monoisotopic (exact) mass is 279 g/mol. The van der Waals surface area contributed by atoms with Crippen LogP contribution in [0.3, 0.4) is 0 Å². The fourth-order valence-corrected chi connectivity index (χ4v) is 2.04. The number of nitrogens with two attached hydrogens (primary N) is 1. The molecule has 0 aliphatic heterocycles. The summed E-state index contributed by atoms with van der Waals surface area (Å²) in [5, 5.41) is 2.89. The fourth-order valence-electron chi connectivity index (χ4n) is 1.90. The lowest BCUT2D eigenvalue weighted by Gasteiger charge is -2.25. The standard InChI is InChI=1S/C14H21N3OS/c1-4-17(5-2)10(3)14(18)16-12-8-6-11(7-9-12)13(15)19/h6-10H,4-5H2,1-3H3,(H2,15,19)(H,16,18). The maximum absolute atomic E-state index is 12.1. The topological polar surface area (TPSA) is 58.4 Å². The molecule has 1 atom stereocenters. The van der Waals surface area contributed by atoms with E-state index in [4.69, 9.17) is 18.0 Å². The third kappa shape index (κ3) is 4.29. The molecule has 0 spiro atoms. The molecule has 0 aliphatic rings. The lowest BCUT2D eigenvalue weighted by atomic mass is 10.2. The highest BCUT2D eigenvalue weighted by molar-refractivity contribution is 7.80. The van der Waals surface area contributed by atoms with Crippen molar-refractivity contribution in [2.75, 3.05) is 18.4 Å². The quantitative estimate of drug-likeness (QED) is 0.782. The Labute approximate surface area is 120 Å². The number of rotatable bonds is 6. The number of thiocarbonyl (C=S) groups is 1. The van der Waals surface area contributed by atoms with Gasteiger partial charge in [-0.25, -0.2) is 0 Å². The lowest BCUT2D eigenvalue weighted by Crippen LogP contribution is -2.41. The van der Waals surface area contributed by atoms with Crippen molar-refractivity contribution in [1.82, 2.24) is 4.90 Å². The third-order valence-electron chi connectivity index (χ3n) is 3.18. The molecule has 0 aromatic heterocycles. The van der Waals surface area contributed by atoms with Crippen LogP contribution in [0.4, 0.5) is 5.69 Å². The van der Waals surface area contributed by atoms with Crippen LogP contribution < -0.4 is 11.1 Å². The average molecular weight is 279 g/mol. The summed E-state index contributed by atoms with van der Waals surface area (Å²) in [6.07, 6.45) is 0. The minimum Gasteiger partial charge on any atom is -0.389 e. The van der Waals surface area contributed by atoms with Gasteiger partial charge in [-0.2, -0.15) is 0 Å². The van der Waals surface area contributed by atoms with Crippen molar-refractivity contribution in [3.63, 3.8) is 0 Å². The maximum atomic E-state index is 12.1. The number of nitrogens with zero attached hydrogens (tertiary/aromatic N) is 1. The van der Waals surface area contributed by atoms with Crippen LogP contribution in [0.5, 0.6) is 0 Å². The van der Waals surface area contributed by atoms with Gasteiger partial charge in [0.25, 0.3) is 0 Å². The molecule has 0 aliphatic carbocycles. The van der Waals surface area contributed by atoms with Crippen LogP contribution in [0, 0.1) is 0 Å². The SMILES string of the molecule is CCN(CC)C(C)C(=O)Nc1ccc(C(N)=S)cc1. The van der Waals surface area contributed by atoms with E-state index in [1.54, 1.807) is 24.3 Å². The molecule has 1 unspecified atom stereocenters. The Balaban J connectivity index is 2.68. The van der Waals surface area contributed by atoms with Gasteiger partial charge in [-0.05, 0) is 44.3 Å². The van der Waals surface area contributed by atoms with Gasteiger partial charge in [-0.3, -0.25) is 9.69 Å². The minimum atomic E-state index is -0.148. The van der Waals surface area contributed by atoms with Crippen LogP contribution in [0.1, 0.15) is 26.3 Å². The Kier molecular flexibility index (Phi) is 5.92. The van der Waals surface area contributed by atoms with Gasteiger partial charge in [-0.15, -0.1) is 0 Å². The third-order valence-corrected chi connectivity index (χ3v) is 3.41. The van der Waals surface area contributed by atoms with Crippen molar-refractivity contribution < 1.29 is 4.79 Å². The predicted molar refractivity (Wildman–Crippen MR) is 83.3 cm³/mol. The lowest BCUT2D eigenvalue weighted by molar-refractivity contribution is -0.120. The molecular formula is C14H21N3OS. The van der Waals surface area contributed by atoms with Gasteiger partial charge in [0.15, 0.2) is 0 Å². The van der Waals surface area contributed by atoms with E-state index in [9.17, 15) is 4.79 Å². The Morgan fingerprint density at radius 1 is 1.32 bits per heavy atom. The molecule has 0 saturated carbocycles. The van der Waals surface area contributed by atoms with Crippen LogP contribution in [-0.4, -0.2) is 34.9 Å². The van der Waals surface area contributed by atoms with E-state index in [0.717, 1.165) is 24.3 Å². The Morgan fingerprint density at radius 2 is 1.84 bits per heavy atom. The van der Waals surface area contributed by atoms with E-state index in [-0.39, 0.29) is 11.9 Å². The number of hydrogen-bond acceptors (Lipinski definition) is 3. The van der Waals surface area contributed by atoms with Crippen LogP contribution in [-0.2, 0) is 4.79 Å². The van der Waals surface area contributed by atoms with Crippen molar-refractivity contribution in [1.29, 1.82) is 0 Å². The molecule has 3 N–H and O–H groups in total. The maximum Gasteiger partial charge on any atom is 0.241 e. The molecule has 1 aromatic carbocycles. The van der Waals surface area contributed by atoms with E-state index in [1.807, 2.05) is 20.8 Å². The Morgan fingerprint density at radius 3 is 2.26 bits per heavy atom. The minimum absolute atomic E-state index is 0.00762. The van der Waals surface area contributed by atoms with Crippen LogP contribution >= 0.6 is 12.2 Å². The van der Waals surface area contributed by atoms with Crippen molar-refractivity contribution >= 4 is 28.8 Å².